The standard InChI is InChI=1S/C15H20N4/c1-16-15-11-13(12-7-5-4-6-8-12)17-14(18-15)9-10-19(2)3/h4-8,11H,9-10H2,1-3H3,(H,16,17,18). The predicted octanol–water partition coefficient (Wildman–Crippen LogP) is 2.29. The van der Waals surface area contributed by atoms with Gasteiger partial charge < -0.3 is 10.2 Å². The highest BCUT2D eigenvalue weighted by molar-refractivity contribution is 5.62. The number of hydrogen-bond acceptors (Lipinski definition) is 4. The Morgan fingerprint density at radius 2 is 1.84 bits per heavy atom. The normalized spacial score (nSPS) is 10.7. The van der Waals surface area contributed by atoms with Gasteiger partial charge in [0.05, 0.1) is 5.69 Å². The Hall–Kier alpha value is -1.94. The minimum absolute atomic E-state index is 0.850. The Labute approximate surface area is 114 Å². The lowest BCUT2D eigenvalue weighted by Gasteiger charge is -2.11. The topological polar surface area (TPSA) is 41.1 Å². The lowest BCUT2D eigenvalue weighted by molar-refractivity contribution is 0.409. The monoisotopic (exact) mass is 256 g/mol. The summed E-state index contributed by atoms with van der Waals surface area (Å²) in [4.78, 5) is 11.3. The largest absolute Gasteiger partial charge is 0.373 e. The molecule has 4 heteroatoms. The zero-order valence-electron chi connectivity index (χ0n) is 11.7. The number of rotatable bonds is 5. The van der Waals surface area contributed by atoms with E-state index in [0.717, 1.165) is 35.9 Å². The molecule has 1 N–H and O–H groups in total. The molecule has 2 aromatic rings. The molecule has 0 bridgehead atoms. The van der Waals surface area contributed by atoms with Crippen LogP contribution >= 0.6 is 0 Å². The van der Waals surface area contributed by atoms with Gasteiger partial charge in [-0.1, -0.05) is 30.3 Å². The van der Waals surface area contributed by atoms with E-state index in [9.17, 15) is 0 Å². The van der Waals surface area contributed by atoms with E-state index in [2.05, 4.69) is 46.4 Å². The first-order valence-electron chi connectivity index (χ1n) is 6.45. The number of benzene rings is 1. The van der Waals surface area contributed by atoms with E-state index in [1.807, 2.05) is 31.3 Å². The van der Waals surface area contributed by atoms with Crippen LogP contribution in [-0.2, 0) is 6.42 Å². The fraction of sp³-hybridized carbons (Fsp3) is 0.333. The summed E-state index contributed by atoms with van der Waals surface area (Å²) in [5, 5.41) is 3.10. The molecular weight excluding hydrogens is 236 g/mol. The van der Waals surface area contributed by atoms with Crippen LogP contribution < -0.4 is 5.32 Å². The molecule has 0 unspecified atom stereocenters. The van der Waals surface area contributed by atoms with Crippen LogP contribution in [0.15, 0.2) is 36.4 Å². The molecule has 0 saturated heterocycles. The third-order valence-corrected chi connectivity index (χ3v) is 2.88. The van der Waals surface area contributed by atoms with Crippen LogP contribution in [0, 0.1) is 0 Å². The van der Waals surface area contributed by atoms with Crippen molar-refractivity contribution in [1.82, 2.24) is 14.9 Å². The molecule has 0 fully saturated rings. The van der Waals surface area contributed by atoms with Gasteiger partial charge in [0, 0.05) is 31.6 Å². The highest BCUT2D eigenvalue weighted by Crippen LogP contribution is 2.19. The molecular formula is C15H20N4. The molecule has 2 rings (SSSR count). The van der Waals surface area contributed by atoms with Gasteiger partial charge in [0.25, 0.3) is 0 Å². The van der Waals surface area contributed by atoms with E-state index < -0.39 is 0 Å². The molecule has 4 nitrogen and oxygen atoms in total. The molecule has 0 aliphatic carbocycles. The lowest BCUT2D eigenvalue weighted by Crippen LogP contribution is -2.16. The van der Waals surface area contributed by atoms with E-state index in [1.165, 1.54) is 0 Å². The molecule has 0 atom stereocenters. The zero-order chi connectivity index (χ0) is 13.7. The highest BCUT2D eigenvalue weighted by atomic mass is 15.1. The Bertz CT molecular complexity index is 523. The van der Waals surface area contributed by atoms with E-state index in [1.54, 1.807) is 0 Å². The molecule has 1 aromatic heterocycles. The van der Waals surface area contributed by atoms with Gasteiger partial charge >= 0.3 is 0 Å². The maximum absolute atomic E-state index is 4.65. The number of aromatic nitrogens is 2. The fourth-order valence-electron chi connectivity index (χ4n) is 1.82. The fourth-order valence-corrected chi connectivity index (χ4v) is 1.82. The summed E-state index contributed by atoms with van der Waals surface area (Å²) in [6.07, 6.45) is 0.850. The first-order chi connectivity index (χ1) is 9.19. The summed E-state index contributed by atoms with van der Waals surface area (Å²) in [5.41, 5.74) is 2.08. The summed E-state index contributed by atoms with van der Waals surface area (Å²) in [6, 6.07) is 12.2. The lowest BCUT2D eigenvalue weighted by atomic mass is 10.1. The van der Waals surface area contributed by atoms with Crippen LogP contribution in [0.25, 0.3) is 11.3 Å². The van der Waals surface area contributed by atoms with Gasteiger partial charge in [0.2, 0.25) is 0 Å². The third-order valence-electron chi connectivity index (χ3n) is 2.88. The van der Waals surface area contributed by atoms with Crippen molar-refractivity contribution >= 4 is 5.82 Å². The third kappa shape index (κ3) is 3.76. The summed E-state index contributed by atoms with van der Waals surface area (Å²) < 4.78 is 0. The van der Waals surface area contributed by atoms with Gasteiger partial charge in [0.15, 0.2) is 0 Å². The van der Waals surface area contributed by atoms with Crippen molar-refractivity contribution < 1.29 is 0 Å². The van der Waals surface area contributed by atoms with Crippen LogP contribution in [-0.4, -0.2) is 42.6 Å². The second-order valence-corrected chi connectivity index (χ2v) is 4.72. The Balaban J connectivity index is 2.31. The average molecular weight is 256 g/mol. The molecule has 0 aliphatic rings. The number of hydrogen-bond donors (Lipinski definition) is 1. The molecule has 0 amide bonds. The number of nitrogens with zero attached hydrogens (tertiary/aromatic N) is 3. The van der Waals surface area contributed by atoms with Crippen molar-refractivity contribution in [3.63, 3.8) is 0 Å². The van der Waals surface area contributed by atoms with Gasteiger partial charge in [-0.05, 0) is 14.1 Å². The number of anilines is 1. The van der Waals surface area contributed by atoms with Crippen LogP contribution in [0.3, 0.4) is 0 Å². The van der Waals surface area contributed by atoms with Gasteiger partial charge in [-0.25, -0.2) is 9.97 Å². The number of nitrogens with one attached hydrogen (secondary N) is 1. The molecule has 0 aliphatic heterocycles. The smallest absolute Gasteiger partial charge is 0.132 e. The van der Waals surface area contributed by atoms with Crippen molar-refractivity contribution in [3.05, 3.63) is 42.2 Å². The molecule has 19 heavy (non-hydrogen) atoms. The van der Waals surface area contributed by atoms with Crippen molar-refractivity contribution in [2.45, 2.75) is 6.42 Å². The second kappa shape index (κ2) is 6.29. The number of likely N-dealkylation sites (N-methyl/N-ethyl adjacent to an activating group) is 1. The van der Waals surface area contributed by atoms with Gasteiger partial charge in [-0.2, -0.15) is 0 Å². The van der Waals surface area contributed by atoms with E-state index in [0.29, 0.717) is 0 Å². The maximum atomic E-state index is 4.65. The predicted molar refractivity (Wildman–Crippen MR) is 79.3 cm³/mol. The molecule has 0 saturated carbocycles. The molecule has 1 heterocycles. The van der Waals surface area contributed by atoms with Crippen molar-refractivity contribution in [2.75, 3.05) is 33.0 Å². The molecule has 100 valence electrons. The Morgan fingerprint density at radius 3 is 2.47 bits per heavy atom. The SMILES string of the molecule is CNc1cc(-c2ccccc2)nc(CCN(C)C)n1. The van der Waals surface area contributed by atoms with Crippen LogP contribution in [0.1, 0.15) is 5.82 Å². The van der Waals surface area contributed by atoms with Crippen LogP contribution in [0.5, 0.6) is 0 Å². The molecule has 0 spiro atoms. The zero-order valence-corrected chi connectivity index (χ0v) is 11.7. The van der Waals surface area contributed by atoms with E-state index in [4.69, 9.17) is 0 Å². The first-order valence-corrected chi connectivity index (χ1v) is 6.45. The minimum atomic E-state index is 0.850. The molecule has 1 aromatic carbocycles. The van der Waals surface area contributed by atoms with Crippen LogP contribution in [0.2, 0.25) is 0 Å². The summed E-state index contributed by atoms with van der Waals surface area (Å²) >= 11 is 0. The van der Waals surface area contributed by atoms with Gasteiger partial charge in [-0.15, -0.1) is 0 Å². The van der Waals surface area contributed by atoms with Crippen molar-refractivity contribution in [3.8, 4) is 11.3 Å². The van der Waals surface area contributed by atoms with Crippen molar-refractivity contribution in [1.29, 1.82) is 0 Å². The van der Waals surface area contributed by atoms with Crippen LogP contribution in [0.4, 0.5) is 5.82 Å². The van der Waals surface area contributed by atoms with Crippen molar-refractivity contribution in [2.24, 2.45) is 0 Å². The summed E-state index contributed by atoms with van der Waals surface area (Å²) in [7, 11) is 5.99. The first kappa shape index (κ1) is 13.5. The minimum Gasteiger partial charge on any atom is -0.373 e. The second-order valence-electron chi connectivity index (χ2n) is 4.72. The quantitative estimate of drug-likeness (QED) is 0.891. The molecule has 0 radical (unpaired) electrons. The Morgan fingerprint density at radius 1 is 1.11 bits per heavy atom. The van der Waals surface area contributed by atoms with E-state index in [-0.39, 0.29) is 0 Å². The average Bonchev–Trinajstić information content (AvgIpc) is 2.45. The maximum Gasteiger partial charge on any atom is 0.132 e. The summed E-state index contributed by atoms with van der Waals surface area (Å²) in [5.74, 6) is 1.74. The van der Waals surface area contributed by atoms with Gasteiger partial charge in [0.1, 0.15) is 11.6 Å². The highest BCUT2D eigenvalue weighted by Gasteiger charge is 2.06. The van der Waals surface area contributed by atoms with E-state index >= 15 is 0 Å². The summed E-state index contributed by atoms with van der Waals surface area (Å²) in [6.45, 7) is 0.946. The Kier molecular flexibility index (Phi) is 4.47. The van der Waals surface area contributed by atoms with Gasteiger partial charge in [-0.3, -0.25) is 0 Å².